The van der Waals surface area contributed by atoms with E-state index >= 15 is 0 Å². The number of hydrogen-bond donors (Lipinski definition) is 4. The van der Waals surface area contributed by atoms with Crippen molar-refractivity contribution in [2.75, 3.05) is 12.3 Å². The first kappa shape index (κ1) is 14.4. The van der Waals surface area contributed by atoms with E-state index in [1.54, 1.807) is 25.3 Å². The molecule has 2 aromatic rings. The van der Waals surface area contributed by atoms with E-state index < -0.39 is 5.60 Å². The molecule has 0 aliphatic carbocycles. The molecule has 0 fully saturated rings. The molecule has 1 atom stereocenters. The van der Waals surface area contributed by atoms with Gasteiger partial charge in [-0.1, -0.05) is 13.3 Å². The Labute approximate surface area is 118 Å². The lowest BCUT2D eigenvalue weighted by atomic mass is 10.0. The molecule has 0 saturated heterocycles. The van der Waals surface area contributed by atoms with Gasteiger partial charge in [0.15, 0.2) is 0 Å². The number of rotatable bonds is 5. The van der Waals surface area contributed by atoms with Crippen molar-refractivity contribution >= 4 is 22.5 Å². The van der Waals surface area contributed by atoms with Crippen molar-refractivity contribution in [2.24, 2.45) is 0 Å². The molecule has 5 N–H and O–H groups in total. The SMILES string of the molecule is CCCC(C)(O)CNC(=O)c1c[nH]c2cc(N)ccc12. The molecule has 5 nitrogen and oxygen atoms in total. The molecular weight excluding hydrogens is 254 g/mol. The van der Waals surface area contributed by atoms with Crippen LogP contribution in [-0.2, 0) is 0 Å². The second-order valence-electron chi connectivity index (χ2n) is 5.44. The number of anilines is 1. The normalized spacial score (nSPS) is 14.2. The monoisotopic (exact) mass is 275 g/mol. The molecule has 0 bridgehead atoms. The number of H-pyrrole nitrogens is 1. The smallest absolute Gasteiger partial charge is 0.253 e. The molecule has 1 amide bonds. The zero-order chi connectivity index (χ0) is 14.8. The average molecular weight is 275 g/mol. The fourth-order valence-electron chi connectivity index (χ4n) is 2.32. The van der Waals surface area contributed by atoms with Crippen molar-refractivity contribution in [1.82, 2.24) is 10.3 Å². The number of carbonyl (C=O) groups excluding carboxylic acids is 1. The van der Waals surface area contributed by atoms with E-state index in [-0.39, 0.29) is 12.5 Å². The fraction of sp³-hybridized carbons (Fsp3) is 0.400. The van der Waals surface area contributed by atoms with E-state index in [1.807, 2.05) is 13.0 Å². The Morgan fingerprint density at radius 3 is 2.95 bits per heavy atom. The number of aromatic amines is 1. The van der Waals surface area contributed by atoms with E-state index in [0.29, 0.717) is 17.7 Å². The van der Waals surface area contributed by atoms with Crippen LogP contribution in [0.15, 0.2) is 24.4 Å². The van der Waals surface area contributed by atoms with Gasteiger partial charge >= 0.3 is 0 Å². The molecule has 0 saturated carbocycles. The summed E-state index contributed by atoms with van der Waals surface area (Å²) in [7, 11) is 0. The van der Waals surface area contributed by atoms with Crippen molar-refractivity contribution in [3.8, 4) is 0 Å². The topological polar surface area (TPSA) is 91.1 Å². The number of nitrogens with one attached hydrogen (secondary N) is 2. The lowest BCUT2D eigenvalue weighted by Crippen LogP contribution is -2.40. The molecule has 0 radical (unpaired) electrons. The van der Waals surface area contributed by atoms with Crippen molar-refractivity contribution in [1.29, 1.82) is 0 Å². The van der Waals surface area contributed by atoms with Gasteiger partial charge in [-0.15, -0.1) is 0 Å². The predicted octanol–water partition coefficient (Wildman–Crippen LogP) is 2.03. The number of benzene rings is 1. The van der Waals surface area contributed by atoms with Gasteiger partial charge in [-0.3, -0.25) is 4.79 Å². The summed E-state index contributed by atoms with van der Waals surface area (Å²) in [5.41, 5.74) is 6.87. The molecule has 1 aromatic heterocycles. The van der Waals surface area contributed by atoms with Gasteiger partial charge in [0.1, 0.15) is 0 Å². The highest BCUT2D eigenvalue weighted by Gasteiger charge is 2.21. The maximum atomic E-state index is 12.2. The maximum absolute atomic E-state index is 12.2. The van der Waals surface area contributed by atoms with E-state index in [4.69, 9.17) is 5.73 Å². The van der Waals surface area contributed by atoms with Gasteiger partial charge in [-0.25, -0.2) is 0 Å². The molecule has 1 unspecified atom stereocenters. The van der Waals surface area contributed by atoms with E-state index in [0.717, 1.165) is 17.3 Å². The molecule has 1 heterocycles. The summed E-state index contributed by atoms with van der Waals surface area (Å²) in [5, 5.41) is 13.7. The second-order valence-corrected chi connectivity index (χ2v) is 5.44. The predicted molar refractivity (Wildman–Crippen MR) is 80.6 cm³/mol. The van der Waals surface area contributed by atoms with Gasteiger partial charge in [-0.2, -0.15) is 0 Å². The molecule has 20 heavy (non-hydrogen) atoms. The average Bonchev–Trinajstić information content (AvgIpc) is 2.79. The zero-order valence-corrected chi connectivity index (χ0v) is 11.9. The minimum atomic E-state index is -0.874. The van der Waals surface area contributed by atoms with Gasteiger partial charge in [0.05, 0.1) is 11.2 Å². The first-order chi connectivity index (χ1) is 9.43. The molecular formula is C15H21N3O2. The van der Waals surface area contributed by atoms with Crippen LogP contribution in [0.25, 0.3) is 10.9 Å². The van der Waals surface area contributed by atoms with Gasteiger partial charge < -0.3 is 21.1 Å². The molecule has 0 spiro atoms. The summed E-state index contributed by atoms with van der Waals surface area (Å²) < 4.78 is 0. The Balaban J connectivity index is 2.12. The van der Waals surface area contributed by atoms with E-state index in [1.165, 1.54) is 0 Å². The Hall–Kier alpha value is -2.01. The number of nitrogen functional groups attached to an aromatic ring is 1. The third-order valence-electron chi connectivity index (χ3n) is 3.37. The standard InChI is InChI=1S/C15H21N3O2/c1-3-6-15(2,20)9-18-14(19)12-8-17-13-7-10(16)4-5-11(12)13/h4-5,7-8,17,20H,3,6,9,16H2,1-2H3,(H,18,19). The van der Waals surface area contributed by atoms with Crippen molar-refractivity contribution < 1.29 is 9.90 Å². The van der Waals surface area contributed by atoms with Gasteiger partial charge in [0, 0.05) is 29.3 Å². The Morgan fingerprint density at radius 2 is 2.25 bits per heavy atom. The van der Waals surface area contributed by atoms with Crippen LogP contribution >= 0.6 is 0 Å². The highest BCUT2D eigenvalue weighted by Crippen LogP contribution is 2.20. The molecule has 108 valence electrons. The number of carbonyl (C=O) groups is 1. The number of nitrogens with two attached hydrogens (primary N) is 1. The summed E-state index contributed by atoms with van der Waals surface area (Å²) >= 11 is 0. The van der Waals surface area contributed by atoms with Gasteiger partial charge in [0.25, 0.3) is 5.91 Å². The van der Waals surface area contributed by atoms with Crippen LogP contribution in [-0.4, -0.2) is 28.1 Å². The highest BCUT2D eigenvalue weighted by molar-refractivity contribution is 6.07. The van der Waals surface area contributed by atoms with Gasteiger partial charge in [-0.05, 0) is 31.5 Å². The summed E-state index contributed by atoms with van der Waals surface area (Å²) in [5.74, 6) is -0.197. The second kappa shape index (κ2) is 5.54. The van der Waals surface area contributed by atoms with Crippen molar-refractivity contribution in [2.45, 2.75) is 32.3 Å². The summed E-state index contributed by atoms with van der Waals surface area (Å²) in [4.78, 5) is 15.2. The molecule has 0 aliphatic heterocycles. The summed E-state index contributed by atoms with van der Waals surface area (Å²) in [6.07, 6.45) is 3.18. The third kappa shape index (κ3) is 3.11. The number of fused-ring (bicyclic) bond motifs is 1. The van der Waals surface area contributed by atoms with Crippen LogP contribution in [0.5, 0.6) is 0 Å². The summed E-state index contributed by atoms with van der Waals surface area (Å²) in [6, 6.07) is 5.37. The Kier molecular flexibility index (Phi) is 3.99. The first-order valence-corrected chi connectivity index (χ1v) is 6.80. The lowest BCUT2D eigenvalue weighted by molar-refractivity contribution is 0.0470. The minimum Gasteiger partial charge on any atom is -0.399 e. The van der Waals surface area contributed by atoms with Crippen LogP contribution in [0.4, 0.5) is 5.69 Å². The van der Waals surface area contributed by atoms with Crippen LogP contribution in [0, 0.1) is 0 Å². The van der Waals surface area contributed by atoms with Crippen molar-refractivity contribution in [3.63, 3.8) is 0 Å². The first-order valence-electron chi connectivity index (χ1n) is 6.80. The van der Waals surface area contributed by atoms with E-state index in [9.17, 15) is 9.90 Å². The quantitative estimate of drug-likeness (QED) is 0.629. The van der Waals surface area contributed by atoms with Crippen LogP contribution in [0.2, 0.25) is 0 Å². The van der Waals surface area contributed by atoms with Crippen LogP contribution in [0.3, 0.4) is 0 Å². The van der Waals surface area contributed by atoms with Crippen LogP contribution in [0.1, 0.15) is 37.0 Å². The largest absolute Gasteiger partial charge is 0.399 e. The molecule has 0 aliphatic rings. The molecule has 5 heteroatoms. The zero-order valence-electron chi connectivity index (χ0n) is 11.9. The Bertz CT molecular complexity index is 617. The van der Waals surface area contributed by atoms with Crippen molar-refractivity contribution in [3.05, 3.63) is 30.0 Å². The number of amides is 1. The minimum absolute atomic E-state index is 0.197. The number of aromatic nitrogens is 1. The van der Waals surface area contributed by atoms with Gasteiger partial charge in [0.2, 0.25) is 0 Å². The number of hydrogen-bond acceptors (Lipinski definition) is 3. The third-order valence-corrected chi connectivity index (χ3v) is 3.37. The summed E-state index contributed by atoms with van der Waals surface area (Å²) in [6.45, 7) is 3.97. The Morgan fingerprint density at radius 1 is 1.50 bits per heavy atom. The van der Waals surface area contributed by atoms with E-state index in [2.05, 4.69) is 10.3 Å². The number of aliphatic hydroxyl groups is 1. The highest BCUT2D eigenvalue weighted by atomic mass is 16.3. The molecule has 2 rings (SSSR count). The lowest BCUT2D eigenvalue weighted by Gasteiger charge is -2.22. The molecule has 1 aromatic carbocycles. The van der Waals surface area contributed by atoms with Crippen LogP contribution < -0.4 is 11.1 Å². The fourth-order valence-corrected chi connectivity index (χ4v) is 2.32. The maximum Gasteiger partial charge on any atom is 0.253 e.